The molecule has 4 rings (SSSR count). The number of nitro benzene ring substituents is 1. The van der Waals surface area contributed by atoms with Gasteiger partial charge < -0.3 is 4.74 Å². The fraction of sp³-hybridized carbons (Fsp3) is 0.278. The van der Waals surface area contributed by atoms with Gasteiger partial charge >= 0.3 is 6.61 Å². The van der Waals surface area contributed by atoms with Crippen LogP contribution in [0.25, 0.3) is 0 Å². The van der Waals surface area contributed by atoms with Crippen molar-refractivity contribution in [3.05, 3.63) is 62.4 Å². The molecule has 2 aromatic carbocycles. The van der Waals surface area contributed by atoms with E-state index in [2.05, 4.69) is 20.7 Å². The highest BCUT2D eigenvalue weighted by molar-refractivity contribution is 9.10. The Morgan fingerprint density at radius 1 is 1.29 bits per heavy atom. The van der Waals surface area contributed by atoms with Gasteiger partial charge in [0, 0.05) is 11.5 Å². The van der Waals surface area contributed by atoms with Crippen molar-refractivity contribution in [2.75, 3.05) is 4.90 Å². The van der Waals surface area contributed by atoms with E-state index in [4.69, 9.17) is 0 Å². The maximum atomic E-state index is 13.9. The normalized spacial score (nSPS) is 23.1. The summed E-state index contributed by atoms with van der Waals surface area (Å²) in [6.45, 7) is -3.06. The predicted molar refractivity (Wildman–Crippen MR) is 95.7 cm³/mol. The summed E-state index contributed by atoms with van der Waals surface area (Å²) in [6, 6.07) is 7.21. The fourth-order valence-corrected chi connectivity index (χ4v) is 4.12. The van der Waals surface area contributed by atoms with Crippen molar-refractivity contribution in [2.24, 2.45) is 11.8 Å². The van der Waals surface area contributed by atoms with E-state index in [1.807, 2.05) is 0 Å². The number of piperidine rings is 1. The molecule has 2 aliphatic rings. The van der Waals surface area contributed by atoms with E-state index >= 15 is 0 Å². The summed E-state index contributed by atoms with van der Waals surface area (Å²) in [5.41, 5.74) is -0.337. The number of hydrogen-bond donors (Lipinski definition) is 0. The summed E-state index contributed by atoms with van der Waals surface area (Å²) in [7, 11) is 0. The molecule has 0 N–H and O–H groups in total. The van der Waals surface area contributed by atoms with Crippen LogP contribution >= 0.6 is 15.9 Å². The Balaban J connectivity index is 1.86. The molecule has 0 unspecified atom stereocenters. The summed E-state index contributed by atoms with van der Waals surface area (Å²) in [5.74, 6) is -1.84. The molecule has 10 heteroatoms. The second-order valence-corrected chi connectivity index (χ2v) is 7.44. The van der Waals surface area contributed by atoms with Gasteiger partial charge in [-0.1, -0.05) is 18.2 Å². The highest BCUT2D eigenvalue weighted by Gasteiger charge is 2.60. The van der Waals surface area contributed by atoms with Crippen LogP contribution in [0.15, 0.2) is 40.9 Å². The number of rotatable bonds is 5. The Morgan fingerprint density at radius 3 is 2.68 bits per heavy atom. The largest absolute Gasteiger partial charge is 0.434 e. The van der Waals surface area contributed by atoms with E-state index in [0.29, 0.717) is 12.0 Å². The van der Waals surface area contributed by atoms with Gasteiger partial charge in [-0.3, -0.25) is 19.8 Å². The second-order valence-electron chi connectivity index (χ2n) is 6.59. The van der Waals surface area contributed by atoms with Gasteiger partial charge in [-0.25, -0.2) is 4.39 Å². The van der Waals surface area contributed by atoms with E-state index < -0.39 is 29.1 Å². The highest BCUT2D eigenvalue weighted by atomic mass is 79.9. The summed E-state index contributed by atoms with van der Waals surface area (Å²) in [5, 5.41) is 11.5. The number of ether oxygens (including phenoxy) is 1. The number of carbonyl (C=O) groups is 1. The Bertz CT molecular complexity index is 987. The van der Waals surface area contributed by atoms with Crippen molar-refractivity contribution < 1.29 is 27.6 Å². The van der Waals surface area contributed by atoms with E-state index in [9.17, 15) is 28.1 Å². The molecule has 1 aliphatic heterocycles. The number of para-hydroxylation sites is 1. The number of nitro groups is 1. The molecule has 1 saturated carbocycles. The number of halogens is 4. The van der Waals surface area contributed by atoms with E-state index in [1.165, 1.54) is 23.1 Å². The van der Waals surface area contributed by atoms with Crippen LogP contribution in [0.4, 0.5) is 24.5 Å². The Morgan fingerprint density at radius 2 is 2.00 bits per heavy atom. The van der Waals surface area contributed by atoms with Crippen LogP contribution in [0.1, 0.15) is 18.0 Å². The second kappa shape index (κ2) is 6.77. The van der Waals surface area contributed by atoms with E-state index in [1.54, 1.807) is 12.1 Å². The van der Waals surface area contributed by atoms with Crippen LogP contribution in [-0.4, -0.2) is 17.4 Å². The maximum absolute atomic E-state index is 13.9. The van der Waals surface area contributed by atoms with Crippen LogP contribution in [0, 0.1) is 27.8 Å². The fourth-order valence-electron chi connectivity index (χ4n) is 3.79. The number of nitrogens with zero attached hydrogens (tertiary/aromatic N) is 2. The predicted octanol–water partition coefficient (Wildman–Crippen LogP) is 4.82. The van der Waals surface area contributed by atoms with E-state index in [-0.39, 0.29) is 33.7 Å². The zero-order chi connectivity index (χ0) is 20.2. The number of hydrogen-bond acceptors (Lipinski definition) is 4. The molecule has 0 aromatic heterocycles. The summed E-state index contributed by atoms with van der Waals surface area (Å²) in [4.78, 5) is 24.7. The third kappa shape index (κ3) is 3.01. The van der Waals surface area contributed by atoms with Crippen molar-refractivity contribution in [1.29, 1.82) is 0 Å². The van der Waals surface area contributed by atoms with Gasteiger partial charge in [0.25, 0.3) is 5.69 Å². The Hall–Kier alpha value is -2.62. The van der Waals surface area contributed by atoms with Crippen LogP contribution in [0.2, 0.25) is 0 Å². The quantitative estimate of drug-likeness (QED) is 0.477. The molecular weight excluding hydrogens is 445 g/mol. The minimum absolute atomic E-state index is 0.0441. The molecule has 2 aromatic rings. The Kier molecular flexibility index (Phi) is 4.53. The molecule has 0 radical (unpaired) electrons. The van der Waals surface area contributed by atoms with Crippen LogP contribution in [-0.2, 0) is 4.79 Å². The van der Waals surface area contributed by atoms with Crippen LogP contribution < -0.4 is 9.64 Å². The standard InChI is InChI=1S/C18H12BrF3N2O4/c19-11-6-13(14(24(26)27)7-12(11)20)23-16(9-5-10(9)17(23)25)8-3-1-2-4-15(8)28-18(21)22/h1-4,6-7,9-10,16,18H,5H2/t9-,10+,16-/m0/s1. The van der Waals surface area contributed by atoms with Crippen molar-refractivity contribution in [3.8, 4) is 5.75 Å². The summed E-state index contributed by atoms with van der Waals surface area (Å²) in [6.07, 6.45) is 0.555. The lowest BCUT2D eigenvalue weighted by atomic mass is 10.0. The average molecular weight is 457 g/mol. The minimum atomic E-state index is -3.06. The molecule has 3 atom stereocenters. The number of amides is 1. The number of anilines is 1. The first-order valence-electron chi connectivity index (χ1n) is 8.30. The smallest absolute Gasteiger partial charge is 0.387 e. The molecule has 28 heavy (non-hydrogen) atoms. The first kappa shape index (κ1) is 18.7. The lowest BCUT2D eigenvalue weighted by Gasteiger charge is -2.29. The average Bonchev–Trinajstić information content (AvgIpc) is 3.36. The first-order valence-corrected chi connectivity index (χ1v) is 9.09. The first-order chi connectivity index (χ1) is 13.3. The number of benzene rings is 2. The number of fused-ring (bicyclic) bond motifs is 1. The minimum Gasteiger partial charge on any atom is -0.434 e. The van der Waals surface area contributed by atoms with Crippen molar-refractivity contribution in [2.45, 2.75) is 19.1 Å². The zero-order valence-electron chi connectivity index (χ0n) is 14.0. The molecule has 1 aliphatic carbocycles. The third-order valence-electron chi connectivity index (χ3n) is 5.01. The number of carbonyl (C=O) groups excluding carboxylic acids is 1. The lowest BCUT2D eigenvalue weighted by molar-refractivity contribution is -0.384. The molecular formula is C18H12BrF3N2O4. The van der Waals surface area contributed by atoms with Gasteiger partial charge in [0.2, 0.25) is 5.91 Å². The van der Waals surface area contributed by atoms with Gasteiger partial charge in [-0.2, -0.15) is 8.78 Å². The summed E-state index contributed by atoms with van der Waals surface area (Å²) < 4.78 is 44.0. The molecule has 146 valence electrons. The molecule has 0 bridgehead atoms. The van der Waals surface area contributed by atoms with Crippen LogP contribution in [0.3, 0.4) is 0 Å². The van der Waals surface area contributed by atoms with Crippen molar-refractivity contribution >= 4 is 33.2 Å². The van der Waals surface area contributed by atoms with E-state index in [0.717, 1.165) is 6.07 Å². The van der Waals surface area contributed by atoms with Gasteiger partial charge in [0.05, 0.1) is 21.5 Å². The maximum Gasteiger partial charge on any atom is 0.387 e. The van der Waals surface area contributed by atoms with Crippen molar-refractivity contribution in [3.63, 3.8) is 0 Å². The van der Waals surface area contributed by atoms with Gasteiger partial charge in [-0.15, -0.1) is 0 Å². The summed E-state index contributed by atoms with van der Waals surface area (Å²) >= 11 is 2.99. The zero-order valence-corrected chi connectivity index (χ0v) is 15.6. The SMILES string of the molecule is O=C1[C@@H]2C[C@@H]2[C@H](c2ccccc2OC(F)F)N1c1cc(Br)c(F)cc1[N+](=O)[O-]. The third-order valence-corrected chi connectivity index (χ3v) is 5.61. The van der Waals surface area contributed by atoms with Gasteiger partial charge in [-0.05, 0) is 40.4 Å². The molecule has 1 amide bonds. The van der Waals surface area contributed by atoms with Crippen molar-refractivity contribution in [1.82, 2.24) is 0 Å². The Labute approximate surface area is 165 Å². The molecule has 1 saturated heterocycles. The monoisotopic (exact) mass is 456 g/mol. The molecule has 2 fully saturated rings. The van der Waals surface area contributed by atoms with Crippen LogP contribution in [0.5, 0.6) is 5.75 Å². The molecule has 0 spiro atoms. The molecule has 6 nitrogen and oxygen atoms in total. The van der Waals surface area contributed by atoms with Gasteiger partial charge in [0.1, 0.15) is 17.3 Å². The molecule has 1 heterocycles. The van der Waals surface area contributed by atoms with Gasteiger partial charge in [0.15, 0.2) is 0 Å². The topological polar surface area (TPSA) is 72.7 Å². The number of alkyl halides is 2. The lowest BCUT2D eigenvalue weighted by Crippen LogP contribution is -2.32. The highest BCUT2D eigenvalue weighted by Crippen LogP contribution is 2.60.